The minimum absolute atomic E-state index is 0.0336. The number of sulfonamides is 1. The van der Waals surface area contributed by atoms with Crippen LogP contribution in [0.1, 0.15) is 43.0 Å². The summed E-state index contributed by atoms with van der Waals surface area (Å²) in [6.45, 7) is 5.75. The first-order chi connectivity index (χ1) is 13.2. The number of nitrogens with zero attached hydrogens (tertiary/aromatic N) is 2. The van der Waals surface area contributed by atoms with Crippen molar-refractivity contribution in [2.45, 2.75) is 33.2 Å². The predicted molar refractivity (Wildman–Crippen MR) is 112 cm³/mol. The highest BCUT2D eigenvalue weighted by Crippen LogP contribution is 2.35. The van der Waals surface area contributed by atoms with Crippen molar-refractivity contribution in [3.8, 4) is 0 Å². The monoisotopic (exact) mass is 399 g/mol. The van der Waals surface area contributed by atoms with Crippen LogP contribution < -0.4 is 4.72 Å². The fraction of sp³-hybridized carbons (Fsp3) is 0.333. The highest BCUT2D eigenvalue weighted by atomic mass is 32.2. The largest absolute Gasteiger partial charge is 0.284 e. The van der Waals surface area contributed by atoms with Gasteiger partial charge in [-0.25, -0.2) is 13.4 Å². The van der Waals surface area contributed by atoms with Crippen molar-refractivity contribution in [2.24, 2.45) is 11.0 Å². The van der Waals surface area contributed by atoms with Crippen molar-refractivity contribution < 1.29 is 13.2 Å². The lowest BCUT2D eigenvalue weighted by atomic mass is 9.95. The Morgan fingerprint density at radius 3 is 2.54 bits per heavy atom. The molecule has 1 N–H and O–H groups in total. The summed E-state index contributed by atoms with van der Waals surface area (Å²) in [6.07, 6.45) is 1.69. The fourth-order valence-corrected chi connectivity index (χ4v) is 3.89. The van der Waals surface area contributed by atoms with E-state index in [1.807, 2.05) is 51.1 Å². The highest BCUT2D eigenvalue weighted by molar-refractivity contribution is 7.92. The average Bonchev–Trinajstić information content (AvgIpc) is 3.05. The molecule has 28 heavy (non-hydrogen) atoms. The summed E-state index contributed by atoms with van der Waals surface area (Å²) >= 11 is 0. The van der Waals surface area contributed by atoms with E-state index in [0.29, 0.717) is 12.1 Å². The molecule has 0 fully saturated rings. The van der Waals surface area contributed by atoms with Crippen molar-refractivity contribution >= 4 is 27.3 Å². The number of nitrogens with one attached hydrogen (secondary N) is 1. The zero-order valence-electron chi connectivity index (χ0n) is 16.5. The molecule has 2 aromatic rings. The SMILES string of the molecule is Cc1ccccc1C1CC(c2cccc(NS(C)(=O)=O)c2)=NN1C(=O)C(C)C. The van der Waals surface area contributed by atoms with Gasteiger partial charge in [-0.3, -0.25) is 9.52 Å². The Bertz CT molecular complexity index is 1030. The molecule has 1 aliphatic rings. The molecule has 3 rings (SSSR count). The van der Waals surface area contributed by atoms with Crippen LogP contribution in [0, 0.1) is 12.8 Å². The summed E-state index contributed by atoms with van der Waals surface area (Å²) in [5.41, 5.74) is 4.22. The first-order valence-electron chi connectivity index (χ1n) is 9.20. The molecule has 1 unspecified atom stereocenters. The number of rotatable bonds is 5. The Hall–Kier alpha value is -2.67. The molecule has 148 valence electrons. The van der Waals surface area contributed by atoms with Crippen LogP contribution in [0.3, 0.4) is 0 Å². The number of aryl methyl sites for hydroxylation is 1. The molecule has 6 nitrogen and oxygen atoms in total. The zero-order valence-corrected chi connectivity index (χ0v) is 17.3. The van der Waals surface area contributed by atoms with Crippen molar-refractivity contribution in [1.82, 2.24) is 5.01 Å². The molecule has 0 radical (unpaired) electrons. The predicted octanol–water partition coefficient (Wildman–Crippen LogP) is 3.70. The van der Waals surface area contributed by atoms with Crippen LogP contribution in [0.25, 0.3) is 0 Å². The molecular formula is C21H25N3O3S. The van der Waals surface area contributed by atoms with E-state index in [9.17, 15) is 13.2 Å². The topological polar surface area (TPSA) is 78.8 Å². The molecule has 0 bridgehead atoms. The molecule has 0 aromatic heterocycles. The molecule has 1 amide bonds. The summed E-state index contributed by atoms with van der Waals surface area (Å²) in [6, 6.07) is 14.9. The van der Waals surface area contributed by atoms with Crippen molar-refractivity contribution in [2.75, 3.05) is 11.0 Å². The van der Waals surface area contributed by atoms with Gasteiger partial charge in [-0.15, -0.1) is 0 Å². The number of hydrogen-bond donors (Lipinski definition) is 1. The van der Waals surface area contributed by atoms with Crippen molar-refractivity contribution in [3.63, 3.8) is 0 Å². The van der Waals surface area contributed by atoms with Gasteiger partial charge in [0.25, 0.3) is 0 Å². The summed E-state index contributed by atoms with van der Waals surface area (Å²) in [5, 5.41) is 6.22. The smallest absolute Gasteiger partial charge is 0.245 e. The second-order valence-corrected chi connectivity index (χ2v) is 9.16. The van der Waals surface area contributed by atoms with E-state index in [1.165, 1.54) is 0 Å². The second kappa shape index (κ2) is 7.75. The molecule has 0 spiro atoms. The number of hydrazone groups is 1. The molecule has 1 aliphatic heterocycles. The van der Waals surface area contributed by atoms with Gasteiger partial charge in [0.2, 0.25) is 15.9 Å². The first-order valence-corrected chi connectivity index (χ1v) is 11.1. The van der Waals surface area contributed by atoms with Gasteiger partial charge in [0.15, 0.2) is 0 Å². The van der Waals surface area contributed by atoms with E-state index in [1.54, 1.807) is 23.2 Å². The Kier molecular flexibility index (Phi) is 5.56. The number of anilines is 1. The van der Waals surface area contributed by atoms with Crippen LogP contribution >= 0.6 is 0 Å². The Morgan fingerprint density at radius 2 is 1.89 bits per heavy atom. The van der Waals surface area contributed by atoms with Crippen LogP contribution in [0.5, 0.6) is 0 Å². The Morgan fingerprint density at radius 1 is 1.18 bits per heavy atom. The third-order valence-electron chi connectivity index (χ3n) is 4.68. The molecule has 2 aromatic carbocycles. The molecule has 0 saturated carbocycles. The van der Waals surface area contributed by atoms with Gasteiger partial charge in [0.1, 0.15) is 0 Å². The second-order valence-electron chi connectivity index (χ2n) is 7.42. The summed E-state index contributed by atoms with van der Waals surface area (Å²) in [7, 11) is -3.37. The van der Waals surface area contributed by atoms with Gasteiger partial charge >= 0.3 is 0 Å². The quantitative estimate of drug-likeness (QED) is 0.833. The Balaban J connectivity index is 1.99. The normalized spacial score (nSPS) is 17.0. The summed E-state index contributed by atoms with van der Waals surface area (Å²) < 4.78 is 25.5. The van der Waals surface area contributed by atoms with Crippen LogP contribution in [0.15, 0.2) is 53.6 Å². The van der Waals surface area contributed by atoms with Crippen LogP contribution in [0.2, 0.25) is 0 Å². The lowest BCUT2D eigenvalue weighted by Crippen LogP contribution is -2.30. The van der Waals surface area contributed by atoms with Gasteiger partial charge < -0.3 is 0 Å². The van der Waals surface area contributed by atoms with E-state index in [-0.39, 0.29) is 17.9 Å². The number of carbonyl (C=O) groups is 1. The molecule has 1 heterocycles. The van der Waals surface area contributed by atoms with Crippen LogP contribution in [0.4, 0.5) is 5.69 Å². The van der Waals surface area contributed by atoms with Crippen LogP contribution in [-0.2, 0) is 14.8 Å². The van der Waals surface area contributed by atoms with Gasteiger partial charge in [-0.2, -0.15) is 5.10 Å². The highest BCUT2D eigenvalue weighted by Gasteiger charge is 2.34. The van der Waals surface area contributed by atoms with E-state index < -0.39 is 10.0 Å². The van der Waals surface area contributed by atoms with E-state index >= 15 is 0 Å². The van der Waals surface area contributed by atoms with Crippen molar-refractivity contribution in [3.05, 3.63) is 65.2 Å². The lowest BCUT2D eigenvalue weighted by molar-refractivity contribution is -0.136. The third-order valence-corrected chi connectivity index (χ3v) is 5.28. The minimum atomic E-state index is -3.37. The first kappa shape index (κ1) is 20.1. The number of hydrogen-bond acceptors (Lipinski definition) is 4. The van der Waals surface area contributed by atoms with E-state index in [2.05, 4.69) is 9.82 Å². The van der Waals surface area contributed by atoms with E-state index in [0.717, 1.165) is 28.7 Å². The summed E-state index contributed by atoms with van der Waals surface area (Å²) in [5.74, 6) is -0.207. The zero-order chi connectivity index (χ0) is 20.5. The fourth-order valence-electron chi connectivity index (χ4n) is 3.33. The van der Waals surface area contributed by atoms with Gasteiger partial charge in [-0.05, 0) is 35.7 Å². The minimum Gasteiger partial charge on any atom is -0.284 e. The standard InChI is InChI=1S/C21H25N3O3S/c1-14(2)21(25)24-20(18-11-6-5-8-15(18)3)13-19(22-24)16-9-7-10-17(12-16)23-28(4,26)27/h5-12,14,20,23H,13H2,1-4H3. The van der Waals surface area contributed by atoms with E-state index in [4.69, 9.17) is 0 Å². The maximum atomic E-state index is 12.8. The van der Waals surface area contributed by atoms with Crippen molar-refractivity contribution in [1.29, 1.82) is 0 Å². The van der Waals surface area contributed by atoms with Crippen LogP contribution in [-0.4, -0.2) is 31.3 Å². The number of carbonyl (C=O) groups excluding carboxylic acids is 1. The molecule has 1 atom stereocenters. The van der Waals surface area contributed by atoms with Gasteiger partial charge in [0, 0.05) is 18.0 Å². The average molecular weight is 400 g/mol. The number of benzene rings is 2. The number of amides is 1. The maximum Gasteiger partial charge on any atom is 0.245 e. The van der Waals surface area contributed by atoms with Gasteiger partial charge in [-0.1, -0.05) is 50.2 Å². The molecule has 7 heteroatoms. The maximum absolute atomic E-state index is 12.8. The third kappa shape index (κ3) is 4.42. The molecule has 0 saturated heterocycles. The Labute approximate surface area is 166 Å². The summed E-state index contributed by atoms with van der Waals surface area (Å²) in [4.78, 5) is 12.8. The molecule has 0 aliphatic carbocycles. The lowest BCUT2D eigenvalue weighted by Gasteiger charge is -2.24. The molecular weight excluding hydrogens is 374 g/mol. The van der Waals surface area contributed by atoms with Gasteiger partial charge in [0.05, 0.1) is 18.0 Å².